The zero-order valence-corrected chi connectivity index (χ0v) is 14.6. The van der Waals surface area contributed by atoms with Crippen molar-refractivity contribution in [3.05, 3.63) is 24.4 Å². The number of carboxylic acids is 1. The van der Waals surface area contributed by atoms with Gasteiger partial charge in [0.05, 0.1) is 5.92 Å². The molecule has 7 nitrogen and oxygen atoms in total. The van der Waals surface area contributed by atoms with Gasteiger partial charge in [-0.25, -0.2) is 9.78 Å². The lowest BCUT2D eigenvalue weighted by molar-refractivity contribution is -0.143. The molecule has 1 aromatic rings. The summed E-state index contributed by atoms with van der Waals surface area (Å²) in [5.74, 6) is -0.0819. The average Bonchev–Trinajstić information content (AvgIpc) is 2.62. The molecule has 0 bridgehead atoms. The monoisotopic (exact) mass is 346 g/mol. The zero-order valence-electron chi connectivity index (χ0n) is 14.6. The highest BCUT2D eigenvalue weighted by molar-refractivity contribution is 5.77. The highest BCUT2D eigenvalue weighted by Crippen LogP contribution is 2.22. The van der Waals surface area contributed by atoms with Crippen molar-refractivity contribution < 1.29 is 14.7 Å². The lowest BCUT2D eigenvalue weighted by Gasteiger charge is -2.37. The minimum Gasteiger partial charge on any atom is -0.481 e. The van der Waals surface area contributed by atoms with Gasteiger partial charge in [0, 0.05) is 38.4 Å². The first-order valence-corrected chi connectivity index (χ1v) is 8.97. The molecule has 1 aromatic heterocycles. The first-order valence-electron chi connectivity index (χ1n) is 8.97. The normalized spacial score (nSPS) is 24.8. The van der Waals surface area contributed by atoms with Gasteiger partial charge in [0.25, 0.3) is 0 Å². The maximum atomic E-state index is 12.5. The summed E-state index contributed by atoms with van der Waals surface area (Å²) >= 11 is 0. The number of pyridine rings is 1. The molecule has 2 fully saturated rings. The van der Waals surface area contributed by atoms with E-state index in [-0.39, 0.29) is 18.0 Å². The molecule has 25 heavy (non-hydrogen) atoms. The summed E-state index contributed by atoms with van der Waals surface area (Å²) in [4.78, 5) is 32.0. The minimum atomic E-state index is -0.812. The molecule has 2 atom stereocenters. The van der Waals surface area contributed by atoms with Gasteiger partial charge >= 0.3 is 12.0 Å². The highest BCUT2D eigenvalue weighted by Gasteiger charge is 2.33. The number of carbonyl (C=O) groups excluding carboxylic acids is 1. The Morgan fingerprint density at radius 1 is 1.24 bits per heavy atom. The Labute approximate surface area is 148 Å². The third-order valence-corrected chi connectivity index (χ3v) is 5.09. The molecule has 136 valence electrons. The SMILES string of the molecule is CC1CC(C(=O)O)CN(C(=O)NC2CCN(c3ccccn3)CC2)C1. The van der Waals surface area contributed by atoms with Gasteiger partial charge < -0.3 is 20.2 Å². The topological polar surface area (TPSA) is 85.8 Å². The van der Waals surface area contributed by atoms with Gasteiger partial charge in [-0.2, -0.15) is 0 Å². The van der Waals surface area contributed by atoms with Gasteiger partial charge in [-0.3, -0.25) is 4.79 Å². The quantitative estimate of drug-likeness (QED) is 0.872. The maximum absolute atomic E-state index is 12.5. The Hall–Kier alpha value is -2.31. The van der Waals surface area contributed by atoms with Crippen LogP contribution < -0.4 is 10.2 Å². The van der Waals surface area contributed by atoms with E-state index in [0.717, 1.165) is 31.7 Å². The molecule has 0 saturated carbocycles. The number of nitrogens with one attached hydrogen (secondary N) is 1. The minimum absolute atomic E-state index is 0.130. The van der Waals surface area contributed by atoms with Gasteiger partial charge in [0.2, 0.25) is 0 Å². The first-order chi connectivity index (χ1) is 12.0. The molecule has 2 aliphatic heterocycles. The Kier molecular flexibility index (Phi) is 5.40. The van der Waals surface area contributed by atoms with E-state index < -0.39 is 11.9 Å². The van der Waals surface area contributed by atoms with Crippen molar-refractivity contribution in [3.63, 3.8) is 0 Å². The van der Waals surface area contributed by atoms with Crippen LogP contribution in [0.15, 0.2) is 24.4 Å². The predicted molar refractivity (Wildman–Crippen MR) is 94.5 cm³/mol. The summed E-state index contributed by atoms with van der Waals surface area (Å²) in [5, 5.41) is 12.3. The van der Waals surface area contributed by atoms with Crippen molar-refractivity contribution in [2.24, 2.45) is 11.8 Å². The van der Waals surface area contributed by atoms with Crippen molar-refractivity contribution in [1.82, 2.24) is 15.2 Å². The van der Waals surface area contributed by atoms with Crippen LogP contribution in [0.1, 0.15) is 26.2 Å². The summed E-state index contributed by atoms with van der Waals surface area (Å²) in [6.45, 7) is 4.65. The molecule has 0 aromatic carbocycles. The lowest BCUT2D eigenvalue weighted by atomic mass is 9.91. The number of hydrogen-bond donors (Lipinski definition) is 2. The fraction of sp³-hybridized carbons (Fsp3) is 0.611. The second kappa shape index (κ2) is 7.72. The van der Waals surface area contributed by atoms with E-state index in [1.807, 2.05) is 25.1 Å². The molecular weight excluding hydrogens is 320 g/mol. The van der Waals surface area contributed by atoms with Crippen LogP contribution in [0.5, 0.6) is 0 Å². The summed E-state index contributed by atoms with van der Waals surface area (Å²) in [6, 6.07) is 5.88. The molecule has 3 rings (SSSR count). The number of hydrogen-bond acceptors (Lipinski definition) is 4. The molecule has 3 heterocycles. The summed E-state index contributed by atoms with van der Waals surface area (Å²) in [5.41, 5.74) is 0. The smallest absolute Gasteiger partial charge is 0.317 e. The molecule has 0 radical (unpaired) electrons. The number of anilines is 1. The highest BCUT2D eigenvalue weighted by atomic mass is 16.4. The van der Waals surface area contributed by atoms with Crippen molar-refractivity contribution in [1.29, 1.82) is 0 Å². The second-order valence-electron chi connectivity index (χ2n) is 7.18. The van der Waals surface area contributed by atoms with Crippen LogP contribution in [-0.4, -0.2) is 59.2 Å². The Balaban J connectivity index is 1.50. The Morgan fingerprint density at radius 2 is 2.00 bits per heavy atom. The third-order valence-electron chi connectivity index (χ3n) is 5.09. The van der Waals surface area contributed by atoms with E-state index in [0.29, 0.717) is 19.5 Å². The fourth-order valence-electron chi connectivity index (χ4n) is 3.76. The summed E-state index contributed by atoms with van der Waals surface area (Å²) in [7, 11) is 0. The number of likely N-dealkylation sites (tertiary alicyclic amines) is 1. The van der Waals surface area contributed by atoms with Crippen molar-refractivity contribution in [2.75, 3.05) is 31.1 Å². The van der Waals surface area contributed by atoms with Crippen LogP contribution in [0.25, 0.3) is 0 Å². The predicted octanol–water partition coefficient (Wildman–Crippen LogP) is 1.80. The van der Waals surface area contributed by atoms with E-state index in [1.54, 1.807) is 11.1 Å². The van der Waals surface area contributed by atoms with Crippen molar-refractivity contribution in [3.8, 4) is 0 Å². The van der Waals surface area contributed by atoms with Gasteiger partial charge in [0.1, 0.15) is 5.82 Å². The molecule has 2 unspecified atom stereocenters. The van der Waals surface area contributed by atoms with E-state index in [4.69, 9.17) is 0 Å². The Morgan fingerprint density at radius 3 is 2.64 bits per heavy atom. The standard InChI is InChI=1S/C18H26N4O3/c1-13-10-14(17(23)24)12-22(11-13)18(25)20-15-5-8-21(9-6-15)16-4-2-3-7-19-16/h2-4,7,13-15H,5-6,8-12H2,1H3,(H,20,25)(H,23,24). The third kappa shape index (κ3) is 4.41. The van der Waals surface area contributed by atoms with E-state index in [2.05, 4.69) is 15.2 Å². The van der Waals surface area contributed by atoms with Crippen LogP contribution >= 0.6 is 0 Å². The van der Waals surface area contributed by atoms with Crippen LogP contribution in [-0.2, 0) is 4.79 Å². The number of aliphatic carboxylic acids is 1. The summed E-state index contributed by atoms with van der Waals surface area (Å²) < 4.78 is 0. The second-order valence-corrected chi connectivity index (χ2v) is 7.18. The van der Waals surface area contributed by atoms with Crippen LogP contribution in [0.4, 0.5) is 10.6 Å². The zero-order chi connectivity index (χ0) is 17.8. The van der Waals surface area contributed by atoms with Gasteiger partial charge in [-0.15, -0.1) is 0 Å². The average molecular weight is 346 g/mol. The lowest BCUT2D eigenvalue weighted by Crippen LogP contribution is -2.53. The van der Waals surface area contributed by atoms with E-state index in [9.17, 15) is 14.7 Å². The van der Waals surface area contributed by atoms with Crippen molar-refractivity contribution in [2.45, 2.75) is 32.2 Å². The number of rotatable bonds is 3. The van der Waals surface area contributed by atoms with E-state index in [1.165, 1.54) is 0 Å². The van der Waals surface area contributed by atoms with Crippen LogP contribution in [0.2, 0.25) is 0 Å². The van der Waals surface area contributed by atoms with Gasteiger partial charge in [-0.1, -0.05) is 13.0 Å². The number of urea groups is 1. The number of carboxylic acid groups (broad SMARTS) is 1. The van der Waals surface area contributed by atoms with E-state index >= 15 is 0 Å². The molecule has 0 spiro atoms. The van der Waals surface area contributed by atoms with Crippen molar-refractivity contribution >= 4 is 17.8 Å². The molecular formula is C18H26N4O3. The fourth-order valence-corrected chi connectivity index (χ4v) is 3.76. The molecule has 2 amide bonds. The largest absolute Gasteiger partial charge is 0.481 e. The van der Waals surface area contributed by atoms with Gasteiger partial charge in [-0.05, 0) is 37.3 Å². The number of piperidine rings is 2. The van der Waals surface area contributed by atoms with Crippen LogP contribution in [0, 0.1) is 11.8 Å². The molecule has 2 aliphatic rings. The van der Waals surface area contributed by atoms with Crippen LogP contribution in [0.3, 0.4) is 0 Å². The molecule has 2 N–H and O–H groups in total. The number of aromatic nitrogens is 1. The number of carbonyl (C=O) groups is 2. The summed E-state index contributed by atoms with van der Waals surface area (Å²) in [6.07, 6.45) is 4.17. The number of amides is 2. The molecule has 7 heteroatoms. The Bertz CT molecular complexity index is 602. The molecule has 2 saturated heterocycles. The molecule has 0 aliphatic carbocycles. The maximum Gasteiger partial charge on any atom is 0.317 e. The first kappa shape index (κ1) is 17.5. The number of nitrogens with zero attached hydrogens (tertiary/aromatic N) is 3. The van der Waals surface area contributed by atoms with Gasteiger partial charge in [0.15, 0.2) is 0 Å².